The van der Waals surface area contributed by atoms with Gasteiger partial charge in [0.25, 0.3) is 0 Å². The third-order valence-electron chi connectivity index (χ3n) is 6.59. The van der Waals surface area contributed by atoms with Gasteiger partial charge in [-0.25, -0.2) is 14.5 Å². The lowest BCUT2D eigenvalue weighted by Gasteiger charge is -2.32. The predicted octanol–water partition coefficient (Wildman–Crippen LogP) is 5.39. The zero-order valence-electron chi connectivity index (χ0n) is 20.6. The van der Waals surface area contributed by atoms with Crippen molar-refractivity contribution in [2.75, 3.05) is 0 Å². The first-order valence-corrected chi connectivity index (χ1v) is 12.0. The maximum absolute atomic E-state index is 13.6. The number of carbonyl (C=O) groups is 3. The van der Waals surface area contributed by atoms with E-state index in [1.165, 1.54) is 9.96 Å². The minimum atomic E-state index is -0.670. The number of benzene rings is 3. The lowest BCUT2D eigenvalue weighted by molar-refractivity contribution is -0.163. The maximum atomic E-state index is 13.6. The van der Waals surface area contributed by atoms with Crippen molar-refractivity contribution in [3.05, 3.63) is 108 Å². The van der Waals surface area contributed by atoms with Gasteiger partial charge in [-0.15, -0.1) is 5.06 Å². The summed E-state index contributed by atoms with van der Waals surface area (Å²) < 4.78 is 5.57. The van der Waals surface area contributed by atoms with Crippen molar-refractivity contribution in [1.82, 2.24) is 9.96 Å². The SMILES string of the molecule is C[C@H](C(=O)N1C(=O)O[C@@H](c2ccccc2)[C@H]1C)[C@@H](C)N(Cc1ccccc1)OC(=O)c1ccccc1. The standard InChI is InChI=1S/C29H30N2O5/c1-20(27(32)31-22(3)26(35-29(31)34)24-15-9-5-10-16-24)21(2)30(19-23-13-7-4-8-14-23)36-28(33)25-17-11-6-12-18-25/h4-18,20-22,26H,19H2,1-3H3/t20-,21+,22+,26+/m0/s1. The Hall–Kier alpha value is -3.97. The van der Waals surface area contributed by atoms with E-state index in [0.717, 1.165) is 11.1 Å². The highest BCUT2D eigenvalue weighted by atomic mass is 16.7. The Kier molecular flexibility index (Phi) is 7.80. The van der Waals surface area contributed by atoms with Crippen LogP contribution in [-0.2, 0) is 20.9 Å². The number of amides is 2. The predicted molar refractivity (Wildman–Crippen MR) is 134 cm³/mol. The molecule has 0 bridgehead atoms. The van der Waals surface area contributed by atoms with Crippen molar-refractivity contribution < 1.29 is 24.0 Å². The largest absolute Gasteiger partial charge is 0.439 e. The van der Waals surface area contributed by atoms with Crippen molar-refractivity contribution in [3.8, 4) is 0 Å². The number of rotatable bonds is 8. The molecule has 0 N–H and O–H groups in total. The van der Waals surface area contributed by atoms with Crippen LogP contribution >= 0.6 is 0 Å². The number of nitrogens with zero attached hydrogens (tertiary/aromatic N) is 2. The number of ether oxygens (including phenoxy) is 1. The Labute approximate surface area is 211 Å². The fourth-order valence-corrected chi connectivity index (χ4v) is 4.28. The van der Waals surface area contributed by atoms with Crippen LogP contribution < -0.4 is 0 Å². The molecule has 36 heavy (non-hydrogen) atoms. The van der Waals surface area contributed by atoms with E-state index < -0.39 is 36.2 Å². The molecule has 7 nitrogen and oxygen atoms in total. The quantitative estimate of drug-likeness (QED) is 0.397. The van der Waals surface area contributed by atoms with E-state index in [2.05, 4.69) is 0 Å². The molecule has 4 rings (SSSR count). The number of hydroxylamine groups is 2. The van der Waals surface area contributed by atoms with Crippen LogP contribution in [0.1, 0.15) is 48.4 Å². The Morgan fingerprint density at radius 2 is 1.47 bits per heavy atom. The van der Waals surface area contributed by atoms with Crippen LogP contribution in [0.15, 0.2) is 91.0 Å². The van der Waals surface area contributed by atoms with Gasteiger partial charge in [-0.2, -0.15) is 0 Å². The molecule has 1 aliphatic rings. The zero-order chi connectivity index (χ0) is 25.7. The van der Waals surface area contributed by atoms with Crippen LogP contribution in [0.4, 0.5) is 4.79 Å². The van der Waals surface area contributed by atoms with E-state index >= 15 is 0 Å². The van der Waals surface area contributed by atoms with Gasteiger partial charge in [-0.3, -0.25) is 4.79 Å². The van der Waals surface area contributed by atoms with E-state index in [0.29, 0.717) is 5.56 Å². The lowest BCUT2D eigenvalue weighted by atomic mass is 9.98. The summed E-state index contributed by atoms with van der Waals surface area (Å²) >= 11 is 0. The Balaban J connectivity index is 1.53. The number of cyclic esters (lactones) is 1. The van der Waals surface area contributed by atoms with Gasteiger partial charge in [0, 0.05) is 0 Å². The molecule has 3 aromatic carbocycles. The second kappa shape index (κ2) is 11.2. The van der Waals surface area contributed by atoms with Crippen molar-refractivity contribution in [2.45, 2.75) is 45.5 Å². The average molecular weight is 487 g/mol. The van der Waals surface area contributed by atoms with Gasteiger partial charge >= 0.3 is 12.1 Å². The smallest absolute Gasteiger partial charge is 0.417 e. The highest BCUT2D eigenvalue weighted by Crippen LogP contribution is 2.34. The highest BCUT2D eigenvalue weighted by Gasteiger charge is 2.46. The van der Waals surface area contributed by atoms with Gasteiger partial charge in [-0.05, 0) is 37.1 Å². The minimum Gasteiger partial charge on any atom is -0.439 e. The van der Waals surface area contributed by atoms with Gasteiger partial charge in [0.1, 0.15) is 6.10 Å². The monoisotopic (exact) mass is 486 g/mol. The molecule has 186 valence electrons. The summed E-state index contributed by atoms with van der Waals surface area (Å²) in [5.74, 6) is -1.56. The maximum Gasteiger partial charge on any atom is 0.417 e. The third-order valence-corrected chi connectivity index (χ3v) is 6.59. The van der Waals surface area contributed by atoms with Gasteiger partial charge in [0.2, 0.25) is 5.91 Å². The van der Waals surface area contributed by atoms with E-state index in [1.807, 2.05) is 73.7 Å². The summed E-state index contributed by atoms with van der Waals surface area (Å²) in [6.07, 6.45) is -1.21. The normalized spacial score (nSPS) is 19.0. The molecule has 0 aromatic heterocycles. The number of imide groups is 1. The van der Waals surface area contributed by atoms with Crippen LogP contribution in [0, 0.1) is 5.92 Å². The molecule has 2 amide bonds. The zero-order valence-corrected chi connectivity index (χ0v) is 20.6. The molecule has 0 unspecified atom stereocenters. The summed E-state index contributed by atoms with van der Waals surface area (Å²) in [5.41, 5.74) is 2.16. The first-order valence-electron chi connectivity index (χ1n) is 12.0. The van der Waals surface area contributed by atoms with E-state index in [1.54, 1.807) is 38.1 Å². The van der Waals surface area contributed by atoms with Crippen molar-refractivity contribution in [1.29, 1.82) is 0 Å². The van der Waals surface area contributed by atoms with Crippen LogP contribution in [-0.4, -0.2) is 40.0 Å². The molecule has 3 aromatic rings. The van der Waals surface area contributed by atoms with Gasteiger partial charge < -0.3 is 9.57 Å². The van der Waals surface area contributed by atoms with Crippen molar-refractivity contribution >= 4 is 18.0 Å². The molecule has 1 heterocycles. The Bertz CT molecular complexity index is 1190. The van der Waals surface area contributed by atoms with Gasteiger partial charge in [-0.1, -0.05) is 85.8 Å². The van der Waals surface area contributed by atoms with Gasteiger partial charge in [0.15, 0.2) is 0 Å². The first kappa shape index (κ1) is 25.1. The molecule has 0 spiro atoms. The summed E-state index contributed by atoms with van der Waals surface area (Å²) in [6.45, 7) is 5.63. The molecule has 7 heteroatoms. The molecule has 1 saturated heterocycles. The van der Waals surface area contributed by atoms with E-state index in [-0.39, 0.29) is 12.5 Å². The topological polar surface area (TPSA) is 76.2 Å². The fraction of sp³-hybridized carbons (Fsp3) is 0.276. The second-order valence-corrected chi connectivity index (χ2v) is 9.00. The van der Waals surface area contributed by atoms with Crippen molar-refractivity contribution in [3.63, 3.8) is 0 Å². The third kappa shape index (κ3) is 5.47. The van der Waals surface area contributed by atoms with Crippen LogP contribution in [0.25, 0.3) is 0 Å². The average Bonchev–Trinajstić information content (AvgIpc) is 3.22. The second-order valence-electron chi connectivity index (χ2n) is 9.00. The molecular formula is C29H30N2O5. The molecule has 0 aliphatic carbocycles. The fourth-order valence-electron chi connectivity index (χ4n) is 4.28. The summed E-state index contributed by atoms with van der Waals surface area (Å²) in [6, 6.07) is 26.6. The van der Waals surface area contributed by atoms with Gasteiger partial charge in [0.05, 0.1) is 30.1 Å². The summed E-state index contributed by atoms with van der Waals surface area (Å²) in [5, 5.41) is 1.51. The van der Waals surface area contributed by atoms with Crippen LogP contribution in [0.3, 0.4) is 0 Å². The molecule has 4 atom stereocenters. The van der Waals surface area contributed by atoms with Crippen LogP contribution in [0.5, 0.6) is 0 Å². The molecular weight excluding hydrogens is 456 g/mol. The van der Waals surface area contributed by atoms with E-state index in [4.69, 9.17) is 9.57 Å². The van der Waals surface area contributed by atoms with Crippen molar-refractivity contribution in [2.24, 2.45) is 5.92 Å². The molecule has 0 radical (unpaired) electrons. The Morgan fingerprint density at radius 3 is 2.08 bits per heavy atom. The summed E-state index contributed by atoms with van der Waals surface area (Å²) in [4.78, 5) is 46.1. The number of hydrogen-bond acceptors (Lipinski definition) is 6. The number of hydrogen-bond donors (Lipinski definition) is 0. The Morgan fingerprint density at radius 1 is 0.917 bits per heavy atom. The first-order chi connectivity index (χ1) is 17.4. The molecule has 1 fully saturated rings. The van der Waals surface area contributed by atoms with Crippen LogP contribution in [0.2, 0.25) is 0 Å². The number of carbonyl (C=O) groups excluding carboxylic acids is 3. The minimum absolute atomic E-state index is 0.283. The highest BCUT2D eigenvalue weighted by molar-refractivity contribution is 5.95. The summed E-state index contributed by atoms with van der Waals surface area (Å²) in [7, 11) is 0. The molecule has 1 aliphatic heterocycles. The van der Waals surface area contributed by atoms with E-state index in [9.17, 15) is 14.4 Å². The molecule has 0 saturated carbocycles. The lowest BCUT2D eigenvalue weighted by Crippen LogP contribution is -2.48.